The zero-order chi connectivity index (χ0) is 37.5. The van der Waals surface area contributed by atoms with E-state index in [1.807, 2.05) is 60.7 Å². The zero-order valence-corrected chi connectivity index (χ0v) is 30.4. The molecule has 0 aliphatic heterocycles. The highest BCUT2D eigenvalue weighted by atomic mass is 16.3. The molecule has 6 heteroatoms. The van der Waals surface area contributed by atoms with Gasteiger partial charge in [0.1, 0.15) is 16.7 Å². The summed E-state index contributed by atoms with van der Waals surface area (Å²) in [5, 5.41) is 6.40. The molecule has 4 heterocycles. The zero-order valence-electron chi connectivity index (χ0n) is 30.4. The Labute approximate surface area is 325 Å². The molecule has 12 aromatic rings. The van der Waals surface area contributed by atoms with E-state index in [1.54, 1.807) is 0 Å². The number of para-hydroxylation sites is 3. The van der Waals surface area contributed by atoms with Gasteiger partial charge in [-0.15, -0.1) is 0 Å². The van der Waals surface area contributed by atoms with Gasteiger partial charge in [-0.25, -0.2) is 15.0 Å². The summed E-state index contributed by atoms with van der Waals surface area (Å²) in [5.74, 6) is 1.70. The van der Waals surface area contributed by atoms with Crippen LogP contribution in [0.25, 0.3) is 117 Å². The Morgan fingerprint density at radius 3 is 1.75 bits per heavy atom. The number of benzene rings is 8. The van der Waals surface area contributed by atoms with Gasteiger partial charge in [0.25, 0.3) is 0 Å². The molecule has 0 saturated heterocycles. The minimum atomic E-state index is 0.529. The van der Waals surface area contributed by atoms with Gasteiger partial charge in [-0.05, 0) is 53.6 Å². The molecular weight excluding hydrogens is 701 g/mol. The van der Waals surface area contributed by atoms with Gasteiger partial charge in [-0.1, -0.05) is 140 Å². The lowest BCUT2D eigenvalue weighted by Crippen LogP contribution is -2.01. The quantitative estimate of drug-likeness (QED) is 0.176. The minimum Gasteiger partial charge on any atom is -0.455 e. The fourth-order valence-corrected chi connectivity index (χ4v) is 8.46. The summed E-state index contributed by atoms with van der Waals surface area (Å²) in [7, 11) is 0. The van der Waals surface area contributed by atoms with Crippen LogP contribution in [-0.2, 0) is 0 Å². The van der Waals surface area contributed by atoms with Crippen LogP contribution in [0.15, 0.2) is 191 Å². The molecule has 0 atom stereocenters. The molecule has 0 radical (unpaired) electrons. The van der Waals surface area contributed by atoms with Crippen molar-refractivity contribution >= 4 is 65.7 Å². The lowest BCUT2D eigenvalue weighted by atomic mass is 10.0. The van der Waals surface area contributed by atoms with Crippen molar-refractivity contribution in [2.24, 2.45) is 0 Å². The van der Waals surface area contributed by atoms with Crippen molar-refractivity contribution in [3.63, 3.8) is 0 Å². The van der Waals surface area contributed by atoms with E-state index in [0.717, 1.165) is 93.6 Å². The predicted molar refractivity (Wildman–Crippen MR) is 230 cm³/mol. The molecule has 0 saturated carbocycles. The second-order valence-electron chi connectivity index (χ2n) is 14.3. The first kappa shape index (κ1) is 31.5. The Balaban J connectivity index is 1.15. The lowest BCUT2D eigenvalue weighted by Gasteiger charge is -2.13. The van der Waals surface area contributed by atoms with Crippen LogP contribution in [0.2, 0.25) is 0 Å². The molecule has 6 nitrogen and oxygen atoms in total. The van der Waals surface area contributed by atoms with Crippen LogP contribution in [0.4, 0.5) is 0 Å². The van der Waals surface area contributed by atoms with Gasteiger partial charge in [0.15, 0.2) is 23.1 Å². The molecule has 0 N–H and O–H groups in total. The van der Waals surface area contributed by atoms with Crippen molar-refractivity contribution in [2.45, 2.75) is 0 Å². The van der Waals surface area contributed by atoms with Gasteiger partial charge in [-0.3, -0.25) is 0 Å². The lowest BCUT2D eigenvalue weighted by molar-refractivity contribution is 0.669. The average Bonchev–Trinajstić information content (AvgIpc) is 3.97. The summed E-state index contributed by atoms with van der Waals surface area (Å²) >= 11 is 0. The monoisotopic (exact) mass is 730 g/mol. The van der Waals surface area contributed by atoms with E-state index in [-0.39, 0.29) is 0 Å². The number of rotatable bonds is 5. The number of nitrogens with zero attached hydrogens (tertiary/aromatic N) is 4. The molecule has 0 fully saturated rings. The van der Waals surface area contributed by atoms with Crippen molar-refractivity contribution in [2.75, 3.05) is 0 Å². The van der Waals surface area contributed by atoms with Crippen molar-refractivity contribution in [1.82, 2.24) is 19.5 Å². The fraction of sp³-hybridized carbons (Fsp3) is 0. The van der Waals surface area contributed by atoms with E-state index in [4.69, 9.17) is 23.8 Å². The molecule has 0 amide bonds. The third kappa shape index (κ3) is 4.87. The Kier molecular flexibility index (Phi) is 6.83. The van der Waals surface area contributed by atoms with Crippen molar-refractivity contribution in [3.8, 4) is 51.0 Å². The Morgan fingerprint density at radius 1 is 0.368 bits per heavy atom. The van der Waals surface area contributed by atoms with Crippen LogP contribution < -0.4 is 0 Å². The molecule has 12 rings (SSSR count). The van der Waals surface area contributed by atoms with E-state index in [1.165, 1.54) is 0 Å². The number of hydrogen-bond acceptors (Lipinski definition) is 5. The maximum Gasteiger partial charge on any atom is 0.167 e. The highest BCUT2D eigenvalue weighted by Crippen LogP contribution is 2.45. The summed E-state index contributed by atoms with van der Waals surface area (Å²) in [6.07, 6.45) is 0. The first-order valence-electron chi connectivity index (χ1n) is 19.0. The summed E-state index contributed by atoms with van der Waals surface area (Å²) < 4.78 is 15.9. The van der Waals surface area contributed by atoms with E-state index < -0.39 is 0 Å². The summed E-state index contributed by atoms with van der Waals surface area (Å²) in [6.45, 7) is 0. The van der Waals surface area contributed by atoms with Gasteiger partial charge < -0.3 is 13.4 Å². The Hall–Kier alpha value is -7.83. The molecule has 57 heavy (non-hydrogen) atoms. The van der Waals surface area contributed by atoms with Crippen molar-refractivity contribution in [3.05, 3.63) is 182 Å². The van der Waals surface area contributed by atoms with E-state index in [9.17, 15) is 0 Å². The van der Waals surface area contributed by atoms with Crippen LogP contribution in [0.3, 0.4) is 0 Å². The third-order valence-electron chi connectivity index (χ3n) is 11.1. The third-order valence-corrected chi connectivity index (χ3v) is 11.1. The average molecular weight is 731 g/mol. The topological polar surface area (TPSA) is 69.9 Å². The normalized spacial score (nSPS) is 11.9. The van der Waals surface area contributed by atoms with Crippen LogP contribution in [-0.4, -0.2) is 19.5 Å². The summed E-state index contributed by atoms with van der Waals surface area (Å²) in [6, 6.07) is 62.5. The second kappa shape index (κ2) is 12.3. The smallest absolute Gasteiger partial charge is 0.167 e. The largest absolute Gasteiger partial charge is 0.455 e. The maximum atomic E-state index is 6.87. The standard InChI is InChI=1S/C51H30N4O2/c1-3-14-31(15-4-1)33-18-13-19-34(30-33)50-52-49(32-16-5-2-6-17-32)53-51(54-50)40-28-29-42(45-39-22-9-12-25-44(39)56-47(40)45)55-41-23-10-7-20-35(41)37-26-27-38-36-21-8-11-24-43(36)57-48(38)46(37)55/h1-30H. The number of aromatic nitrogens is 4. The molecule has 266 valence electrons. The fourth-order valence-electron chi connectivity index (χ4n) is 8.46. The molecule has 0 aliphatic rings. The van der Waals surface area contributed by atoms with Crippen LogP contribution >= 0.6 is 0 Å². The molecule has 0 unspecified atom stereocenters. The van der Waals surface area contributed by atoms with E-state index >= 15 is 0 Å². The Morgan fingerprint density at radius 2 is 0.947 bits per heavy atom. The molecule has 8 aromatic carbocycles. The molecular formula is C51H30N4O2. The highest BCUT2D eigenvalue weighted by Gasteiger charge is 2.25. The highest BCUT2D eigenvalue weighted by molar-refractivity contribution is 6.23. The summed E-state index contributed by atoms with van der Waals surface area (Å²) in [4.78, 5) is 15.4. The first-order chi connectivity index (χ1) is 28.3. The van der Waals surface area contributed by atoms with Gasteiger partial charge in [0.05, 0.1) is 27.7 Å². The predicted octanol–water partition coefficient (Wildman–Crippen LogP) is 13.4. The van der Waals surface area contributed by atoms with Crippen molar-refractivity contribution < 1.29 is 8.83 Å². The second-order valence-corrected chi connectivity index (χ2v) is 14.3. The number of hydrogen-bond donors (Lipinski definition) is 0. The van der Waals surface area contributed by atoms with Gasteiger partial charge in [0, 0.05) is 38.1 Å². The summed E-state index contributed by atoms with van der Waals surface area (Å²) in [5.41, 5.74) is 11.0. The van der Waals surface area contributed by atoms with E-state index in [0.29, 0.717) is 23.1 Å². The van der Waals surface area contributed by atoms with Gasteiger partial charge in [-0.2, -0.15) is 0 Å². The molecule has 0 bridgehead atoms. The maximum absolute atomic E-state index is 6.87. The van der Waals surface area contributed by atoms with Gasteiger partial charge in [0.2, 0.25) is 0 Å². The van der Waals surface area contributed by atoms with Crippen LogP contribution in [0.1, 0.15) is 0 Å². The molecule has 4 aromatic heterocycles. The number of furan rings is 2. The SMILES string of the molecule is c1ccc(-c2cccc(-c3nc(-c4ccccc4)nc(-c4ccc(-n5c6ccccc6c6ccc7c8ccccc8oc7c65)c5c4oc4ccccc45)n3)c2)cc1. The Bertz CT molecular complexity index is 3530. The van der Waals surface area contributed by atoms with Crippen LogP contribution in [0.5, 0.6) is 0 Å². The van der Waals surface area contributed by atoms with Crippen molar-refractivity contribution in [1.29, 1.82) is 0 Å². The number of fused-ring (bicyclic) bond motifs is 10. The minimum absolute atomic E-state index is 0.529. The van der Waals surface area contributed by atoms with Gasteiger partial charge >= 0.3 is 0 Å². The first-order valence-corrected chi connectivity index (χ1v) is 19.0. The molecule has 0 spiro atoms. The molecule has 0 aliphatic carbocycles. The van der Waals surface area contributed by atoms with E-state index in [2.05, 4.69) is 126 Å². The van der Waals surface area contributed by atoms with Crippen LogP contribution in [0, 0.1) is 0 Å².